The minimum atomic E-state index is -0.335. The molecule has 1 heterocycles. The van der Waals surface area contributed by atoms with E-state index in [-0.39, 0.29) is 23.5 Å². The number of benzene rings is 1. The summed E-state index contributed by atoms with van der Waals surface area (Å²) >= 11 is 12.4. The van der Waals surface area contributed by atoms with Gasteiger partial charge < -0.3 is 19.0 Å². The van der Waals surface area contributed by atoms with Crippen LogP contribution in [0, 0.1) is 0 Å². The number of hydrogen-bond acceptors (Lipinski definition) is 5. The lowest BCUT2D eigenvalue weighted by Crippen LogP contribution is -2.11. The molecule has 0 saturated carbocycles. The third-order valence-corrected chi connectivity index (χ3v) is 4.92. The largest absolute Gasteiger partial charge is 0.493 e. The van der Waals surface area contributed by atoms with E-state index in [0.29, 0.717) is 29.0 Å². The van der Waals surface area contributed by atoms with Crippen LogP contribution in [0.2, 0.25) is 10.0 Å². The predicted molar refractivity (Wildman–Crippen MR) is 121 cm³/mol. The van der Waals surface area contributed by atoms with Crippen molar-refractivity contribution in [3.63, 3.8) is 0 Å². The number of rotatable bonds is 12. The van der Waals surface area contributed by atoms with E-state index in [1.54, 1.807) is 24.3 Å². The number of ether oxygens (including phenoxy) is 2. The zero-order valence-corrected chi connectivity index (χ0v) is 18.9. The Morgan fingerprint density at radius 1 is 1.10 bits per heavy atom. The quantitative estimate of drug-likeness (QED) is 0.395. The van der Waals surface area contributed by atoms with Crippen LogP contribution in [0.3, 0.4) is 0 Å². The minimum Gasteiger partial charge on any atom is -0.493 e. The van der Waals surface area contributed by atoms with E-state index in [0.717, 1.165) is 43.4 Å². The van der Waals surface area contributed by atoms with Crippen LogP contribution in [0.25, 0.3) is 6.08 Å². The fourth-order valence-corrected chi connectivity index (χ4v) is 3.54. The molecule has 0 fully saturated rings. The van der Waals surface area contributed by atoms with Crippen molar-refractivity contribution in [2.75, 3.05) is 13.2 Å². The molecule has 0 saturated heterocycles. The minimum absolute atomic E-state index is 0.166. The molecule has 7 heteroatoms. The van der Waals surface area contributed by atoms with Crippen molar-refractivity contribution in [2.24, 2.45) is 0 Å². The summed E-state index contributed by atoms with van der Waals surface area (Å²) in [5.74, 6) is 1.43. The molecule has 0 spiro atoms. The van der Waals surface area contributed by atoms with Crippen molar-refractivity contribution in [1.29, 1.82) is 0 Å². The van der Waals surface area contributed by atoms with Crippen LogP contribution >= 0.6 is 23.2 Å². The van der Waals surface area contributed by atoms with Crippen LogP contribution in [-0.2, 0) is 13.0 Å². The van der Waals surface area contributed by atoms with Gasteiger partial charge in [0.15, 0.2) is 5.76 Å². The summed E-state index contributed by atoms with van der Waals surface area (Å²) in [6, 6.07) is 4.80. The number of aliphatic hydroxyl groups is 1. The summed E-state index contributed by atoms with van der Waals surface area (Å²) in [6.45, 7) is 4.50. The molecule has 0 radical (unpaired) electrons. The highest BCUT2D eigenvalue weighted by molar-refractivity contribution is 6.35. The molecular weight excluding hydrogens is 427 g/mol. The van der Waals surface area contributed by atoms with Crippen molar-refractivity contribution in [3.8, 4) is 11.5 Å². The average Bonchev–Trinajstić information content (AvgIpc) is 2.71. The fraction of sp³-hybridized carbons (Fsp3) is 0.435. The molecule has 5 nitrogen and oxygen atoms in total. The molecule has 0 amide bonds. The first-order chi connectivity index (χ1) is 14.5. The van der Waals surface area contributed by atoms with Crippen LogP contribution in [0.1, 0.15) is 56.6 Å². The summed E-state index contributed by atoms with van der Waals surface area (Å²) in [4.78, 5) is 12.2. The maximum Gasteiger partial charge on any atom is 0.227 e. The van der Waals surface area contributed by atoms with Gasteiger partial charge >= 0.3 is 0 Å². The maximum absolute atomic E-state index is 12.2. The van der Waals surface area contributed by atoms with Gasteiger partial charge in [-0.1, -0.05) is 42.6 Å². The third kappa shape index (κ3) is 7.08. The van der Waals surface area contributed by atoms with Crippen molar-refractivity contribution >= 4 is 29.3 Å². The molecule has 164 valence electrons. The zero-order valence-electron chi connectivity index (χ0n) is 17.4. The van der Waals surface area contributed by atoms with E-state index in [1.807, 2.05) is 6.92 Å². The Labute approximate surface area is 187 Å². The molecule has 0 aliphatic heterocycles. The molecule has 2 rings (SSSR count). The highest BCUT2D eigenvalue weighted by Gasteiger charge is 2.12. The second-order valence-electron chi connectivity index (χ2n) is 6.80. The van der Waals surface area contributed by atoms with Gasteiger partial charge in [0.2, 0.25) is 11.2 Å². The summed E-state index contributed by atoms with van der Waals surface area (Å²) in [5.41, 5.74) is 0.685. The van der Waals surface area contributed by atoms with Gasteiger partial charge in [0.25, 0.3) is 0 Å². The number of allylic oxidation sites excluding steroid dienone is 1. The van der Waals surface area contributed by atoms with Crippen molar-refractivity contribution < 1.29 is 19.0 Å². The number of hydrogen-bond donors (Lipinski definition) is 1. The summed E-state index contributed by atoms with van der Waals surface area (Å²) in [7, 11) is 0. The Bertz CT molecular complexity index is 905. The van der Waals surface area contributed by atoms with Crippen LogP contribution in [0.5, 0.6) is 11.5 Å². The normalized spacial score (nSPS) is 11.2. The molecule has 0 atom stereocenters. The number of unbranched alkanes of at least 4 members (excludes halogenated alkanes) is 2. The van der Waals surface area contributed by atoms with E-state index >= 15 is 0 Å². The first-order valence-electron chi connectivity index (χ1n) is 10.1. The van der Waals surface area contributed by atoms with E-state index in [4.69, 9.17) is 37.1 Å². The first-order valence-corrected chi connectivity index (χ1v) is 10.9. The Morgan fingerprint density at radius 2 is 1.83 bits per heavy atom. The number of halogens is 2. The van der Waals surface area contributed by atoms with E-state index in [9.17, 15) is 9.90 Å². The van der Waals surface area contributed by atoms with Crippen LogP contribution in [-0.4, -0.2) is 18.3 Å². The summed E-state index contributed by atoms with van der Waals surface area (Å²) in [5, 5.41) is 10.4. The highest BCUT2D eigenvalue weighted by Crippen LogP contribution is 2.32. The Morgan fingerprint density at radius 3 is 2.50 bits per heavy atom. The number of aliphatic hydroxyl groups excluding tert-OH is 1. The average molecular weight is 455 g/mol. The van der Waals surface area contributed by atoms with Crippen molar-refractivity contribution in [2.45, 2.75) is 52.6 Å². The molecule has 0 aliphatic carbocycles. The van der Waals surface area contributed by atoms with E-state index in [2.05, 4.69) is 6.92 Å². The first kappa shape index (κ1) is 24.3. The van der Waals surface area contributed by atoms with Gasteiger partial charge in [0, 0.05) is 21.7 Å². The van der Waals surface area contributed by atoms with E-state index < -0.39 is 0 Å². The Hall–Kier alpha value is -1.95. The van der Waals surface area contributed by atoms with Gasteiger partial charge in [-0.05, 0) is 50.8 Å². The lowest BCUT2D eigenvalue weighted by atomic mass is 10.1. The molecule has 2 aromatic rings. The fourth-order valence-electron chi connectivity index (χ4n) is 2.97. The molecular formula is C23H28Cl2O5. The van der Waals surface area contributed by atoms with Crippen molar-refractivity contribution in [1.82, 2.24) is 0 Å². The highest BCUT2D eigenvalue weighted by atomic mass is 35.5. The van der Waals surface area contributed by atoms with Gasteiger partial charge in [-0.3, -0.25) is 4.79 Å². The molecule has 1 aromatic carbocycles. The maximum atomic E-state index is 12.2. The molecule has 1 N–H and O–H groups in total. The molecule has 30 heavy (non-hydrogen) atoms. The topological polar surface area (TPSA) is 68.9 Å². The molecule has 1 aromatic heterocycles. The third-order valence-electron chi connectivity index (χ3n) is 4.37. The Kier molecular flexibility index (Phi) is 10.3. The van der Waals surface area contributed by atoms with Crippen LogP contribution in [0.15, 0.2) is 33.5 Å². The molecule has 0 aliphatic rings. The van der Waals surface area contributed by atoms with E-state index in [1.165, 1.54) is 6.07 Å². The van der Waals surface area contributed by atoms with Crippen molar-refractivity contribution in [3.05, 3.63) is 61.6 Å². The molecule has 0 bridgehead atoms. The monoisotopic (exact) mass is 454 g/mol. The van der Waals surface area contributed by atoms with Gasteiger partial charge in [-0.25, -0.2) is 0 Å². The van der Waals surface area contributed by atoms with Crippen LogP contribution < -0.4 is 14.9 Å². The van der Waals surface area contributed by atoms with Gasteiger partial charge in [-0.2, -0.15) is 0 Å². The second-order valence-corrected chi connectivity index (χ2v) is 7.64. The van der Waals surface area contributed by atoms with Gasteiger partial charge in [0.1, 0.15) is 18.1 Å². The summed E-state index contributed by atoms with van der Waals surface area (Å²) < 4.78 is 17.0. The lowest BCUT2D eigenvalue weighted by Gasteiger charge is -2.13. The summed E-state index contributed by atoms with van der Waals surface area (Å²) in [6.07, 6.45) is 7.67. The molecule has 0 unspecified atom stereocenters. The second kappa shape index (κ2) is 12.7. The van der Waals surface area contributed by atoms with Gasteiger partial charge in [-0.15, -0.1) is 0 Å². The standard InChI is InChI=1S/C23H28Cl2O5/c1-3-8-18-19(25)12-16(24)13-22(18)28-10-6-5-7-11-29-23-20(27)14-17(15-26)30-21(23)9-4-2/h4,9,12-14,26H,3,5-8,10-11,15H2,1-2H3/b9-4+. The van der Waals surface area contributed by atoms with Gasteiger partial charge in [0.05, 0.1) is 13.2 Å². The predicted octanol–water partition coefficient (Wildman–Crippen LogP) is 6.05. The Balaban J connectivity index is 1.82. The van der Waals surface area contributed by atoms with Crippen LogP contribution in [0.4, 0.5) is 0 Å². The lowest BCUT2D eigenvalue weighted by molar-refractivity contribution is 0.234. The SMILES string of the molecule is C/C=C/c1oc(CO)cc(=O)c1OCCCCCOc1cc(Cl)cc(Cl)c1CCC. The zero-order chi connectivity index (χ0) is 21.9. The smallest absolute Gasteiger partial charge is 0.227 e.